The molecule has 0 radical (unpaired) electrons. The number of hydrogen-bond donors (Lipinski definition) is 2. The molecular formula is C29H47N3O6S. The highest BCUT2D eigenvalue weighted by Crippen LogP contribution is 2.34. The maximum absolute atomic E-state index is 14.3. The molecule has 0 saturated carbocycles. The molecule has 0 saturated heterocycles. The zero-order valence-electron chi connectivity index (χ0n) is 25.0. The van der Waals surface area contributed by atoms with E-state index < -0.39 is 41.2 Å². The summed E-state index contributed by atoms with van der Waals surface area (Å²) in [5.74, 6) is -0.585. The van der Waals surface area contributed by atoms with Crippen LogP contribution in [0.3, 0.4) is 0 Å². The Balaban J connectivity index is 3.54. The average Bonchev–Trinajstić information content (AvgIpc) is 2.84. The topological polar surface area (TPSA) is 114 Å². The Morgan fingerprint density at radius 2 is 1.69 bits per heavy atom. The first-order valence-corrected chi connectivity index (χ1v) is 14.9. The van der Waals surface area contributed by atoms with Crippen LogP contribution in [0.4, 0.5) is 4.79 Å². The summed E-state index contributed by atoms with van der Waals surface area (Å²) >= 11 is 1.56. The van der Waals surface area contributed by atoms with Gasteiger partial charge < -0.3 is 25.0 Å². The van der Waals surface area contributed by atoms with Crippen LogP contribution < -0.4 is 10.6 Å². The van der Waals surface area contributed by atoms with Gasteiger partial charge in [0.15, 0.2) is 0 Å². The lowest BCUT2D eigenvalue weighted by atomic mass is 9.90. The summed E-state index contributed by atoms with van der Waals surface area (Å²) in [6.07, 6.45) is 2.17. The van der Waals surface area contributed by atoms with Crippen molar-refractivity contribution in [1.29, 1.82) is 0 Å². The highest BCUT2D eigenvalue weighted by atomic mass is 32.2. The van der Waals surface area contributed by atoms with Gasteiger partial charge in [-0.15, -0.1) is 0 Å². The van der Waals surface area contributed by atoms with Gasteiger partial charge in [-0.2, -0.15) is 11.8 Å². The van der Waals surface area contributed by atoms with Gasteiger partial charge >= 0.3 is 12.1 Å². The van der Waals surface area contributed by atoms with Gasteiger partial charge in [0.1, 0.15) is 17.7 Å². The van der Waals surface area contributed by atoms with E-state index in [0.29, 0.717) is 24.2 Å². The Bertz CT molecular complexity index is 976. The number of esters is 1. The first-order valence-electron chi connectivity index (χ1n) is 13.5. The summed E-state index contributed by atoms with van der Waals surface area (Å²) < 4.78 is 10.4. The van der Waals surface area contributed by atoms with Crippen molar-refractivity contribution in [2.24, 2.45) is 0 Å². The number of amides is 3. The van der Waals surface area contributed by atoms with Crippen molar-refractivity contribution in [3.05, 3.63) is 35.4 Å². The van der Waals surface area contributed by atoms with E-state index in [4.69, 9.17) is 9.47 Å². The molecule has 2 unspecified atom stereocenters. The molecule has 0 fully saturated rings. The van der Waals surface area contributed by atoms with Gasteiger partial charge in [0.2, 0.25) is 11.8 Å². The van der Waals surface area contributed by atoms with Crippen molar-refractivity contribution in [3.63, 3.8) is 0 Å². The normalized spacial score (nSPS) is 13.2. The molecule has 220 valence electrons. The number of nitrogens with one attached hydrogen (secondary N) is 2. The Kier molecular flexibility index (Phi) is 13.8. The maximum atomic E-state index is 14.3. The SMILES string of the molecule is CCOC(=O)CCNC(=O)C(c1ccccc1C)N(C(=O)C(CCSC)NC(=O)OC(C)(C)C)C(C)(C)CC. The van der Waals surface area contributed by atoms with Crippen molar-refractivity contribution in [2.45, 2.75) is 97.9 Å². The van der Waals surface area contributed by atoms with E-state index in [1.165, 1.54) is 0 Å². The van der Waals surface area contributed by atoms with Crippen LogP contribution in [0.15, 0.2) is 24.3 Å². The van der Waals surface area contributed by atoms with E-state index >= 15 is 0 Å². The van der Waals surface area contributed by atoms with Crippen LogP contribution >= 0.6 is 11.8 Å². The van der Waals surface area contributed by atoms with E-state index in [2.05, 4.69) is 10.6 Å². The fourth-order valence-corrected chi connectivity index (χ4v) is 4.44. The molecule has 1 rings (SSSR count). The summed E-state index contributed by atoms with van der Waals surface area (Å²) in [6.45, 7) is 15.0. The smallest absolute Gasteiger partial charge is 0.408 e. The number of carbonyl (C=O) groups is 4. The predicted molar refractivity (Wildman–Crippen MR) is 156 cm³/mol. The van der Waals surface area contributed by atoms with Crippen LogP contribution in [0.5, 0.6) is 0 Å². The Morgan fingerprint density at radius 3 is 2.23 bits per heavy atom. The predicted octanol–water partition coefficient (Wildman–Crippen LogP) is 4.77. The lowest BCUT2D eigenvalue weighted by Gasteiger charge is -2.45. The second kappa shape index (κ2) is 15.7. The molecule has 0 aliphatic rings. The van der Waals surface area contributed by atoms with Gasteiger partial charge in [-0.05, 0) is 84.4 Å². The first-order chi connectivity index (χ1) is 18.2. The van der Waals surface area contributed by atoms with Crippen molar-refractivity contribution < 1.29 is 28.7 Å². The van der Waals surface area contributed by atoms with Crippen LogP contribution in [-0.2, 0) is 23.9 Å². The molecule has 1 aromatic rings. The van der Waals surface area contributed by atoms with Gasteiger partial charge in [-0.1, -0.05) is 31.2 Å². The molecule has 3 amide bonds. The van der Waals surface area contributed by atoms with Crippen LogP contribution in [0.1, 0.15) is 84.9 Å². The number of hydrogen-bond acceptors (Lipinski definition) is 7. The molecule has 2 atom stereocenters. The van der Waals surface area contributed by atoms with E-state index in [0.717, 1.165) is 5.56 Å². The first kappa shape index (κ1) is 34.3. The van der Waals surface area contributed by atoms with Gasteiger partial charge in [0.25, 0.3) is 0 Å². The molecule has 0 aliphatic carbocycles. The monoisotopic (exact) mass is 565 g/mol. The highest BCUT2D eigenvalue weighted by Gasteiger charge is 2.43. The van der Waals surface area contributed by atoms with E-state index in [-0.39, 0.29) is 25.5 Å². The highest BCUT2D eigenvalue weighted by molar-refractivity contribution is 7.98. The Labute approximate surface area is 238 Å². The third-order valence-corrected chi connectivity index (χ3v) is 6.92. The van der Waals surface area contributed by atoms with E-state index in [1.807, 2.05) is 58.2 Å². The Morgan fingerprint density at radius 1 is 1.05 bits per heavy atom. The summed E-state index contributed by atoms with van der Waals surface area (Å²) in [6, 6.07) is 5.52. The van der Waals surface area contributed by atoms with Crippen molar-refractivity contribution in [1.82, 2.24) is 15.5 Å². The number of nitrogens with zero attached hydrogens (tertiary/aromatic N) is 1. The van der Waals surface area contributed by atoms with Gasteiger partial charge in [-0.25, -0.2) is 4.79 Å². The molecule has 9 nitrogen and oxygen atoms in total. The second-order valence-corrected chi connectivity index (χ2v) is 11.9. The third kappa shape index (κ3) is 11.1. The molecule has 0 bridgehead atoms. The number of ether oxygens (including phenoxy) is 2. The van der Waals surface area contributed by atoms with Crippen LogP contribution in [-0.4, -0.2) is 71.1 Å². The zero-order chi connectivity index (χ0) is 29.8. The molecule has 2 N–H and O–H groups in total. The summed E-state index contributed by atoms with van der Waals surface area (Å²) in [5, 5.41) is 5.59. The number of thioether (sulfide) groups is 1. The summed E-state index contributed by atoms with van der Waals surface area (Å²) in [4.78, 5) is 54.3. The average molecular weight is 566 g/mol. The maximum Gasteiger partial charge on any atom is 0.408 e. The standard InChI is InChI=1S/C29H47N3O6S/c1-10-29(7,8)32(26(35)22(17-19-39-9)31-27(36)38-28(4,5)6)24(21-15-13-12-14-20(21)3)25(34)30-18-16-23(33)37-11-2/h12-15,22,24H,10-11,16-19H2,1-9H3,(H,30,34)(H,31,36). The minimum Gasteiger partial charge on any atom is -0.466 e. The molecule has 0 aromatic heterocycles. The summed E-state index contributed by atoms with van der Waals surface area (Å²) in [5.41, 5.74) is 0.0213. The number of alkyl carbamates (subject to hydrolysis) is 1. The van der Waals surface area contributed by atoms with E-state index in [1.54, 1.807) is 44.4 Å². The molecule has 0 aliphatic heterocycles. The van der Waals surface area contributed by atoms with Gasteiger partial charge in [-0.3, -0.25) is 14.4 Å². The van der Waals surface area contributed by atoms with Gasteiger partial charge in [0.05, 0.1) is 13.0 Å². The van der Waals surface area contributed by atoms with Crippen molar-refractivity contribution in [3.8, 4) is 0 Å². The second-order valence-electron chi connectivity index (χ2n) is 11.0. The van der Waals surface area contributed by atoms with Crippen molar-refractivity contribution in [2.75, 3.05) is 25.2 Å². The molecular weight excluding hydrogens is 518 g/mol. The van der Waals surface area contributed by atoms with Crippen molar-refractivity contribution >= 4 is 35.6 Å². The largest absolute Gasteiger partial charge is 0.466 e. The zero-order valence-corrected chi connectivity index (χ0v) is 25.8. The number of rotatable bonds is 14. The summed E-state index contributed by atoms with van der Waals surface area (Å²) in [7, 11) is 0. The quantitative estimate of drug-likeness (QED) is 0.312. The number of carbonyl (C=O) groups excluding carboxylic acids is 4. The van der Waals surface area contributed by atoms with Crippen LogP contribution in [0.2, 0.25) is 0 Å². The minimum atomic E-state index is -0.993. The van der Waals surface area contributed by atoms with E-state index in [9.17, 15) is 19.2 Å². The van der Waals surface area contributed by atoms with Gasteiger partial charge in [0, 0.05) is 12.1 Å². The minimum absolute atomic E-state index is 0.0156. The molecule has 10 heteroatoms. The lowest BCUT2D eigenvalue weighted by molar-refractivity contribution is -0.149. The molecule has 0 spiro atoms. The Hall–Kier alpha value is -2.75. The fourth-order valence-electron chi connectivity index (χ4n) is 3.96. The number of benzene rings is 1. The fraction of sp³-hybridized carbons (Fsp3) is 0.655. The van der Waals surface area contributed by atoms with Crippen LogP contribution in [0, 0.1) is 6.92 Å². The molecule has 0 heterocycles. The molecule has 39 heavy (non-hydrogen) atoms. The third-order valence-electron chi connectivity index (χ3n) is 6.28. The lowest BCUT2D eigenvalue weighted by Crippen LogP contribution is -2.59. The molecule has 1 aromatic carbocycles. The number of aryl methyl sites for hydroxylation is 1. The van der Waals surface area contributed by atoms with Crippen LogP contribution in [0.25, 0.3) is 0 Å².